The number of hydrogen-bond donors (Lipinski definition) is 1. The SMILES string of the molecule is CC[C@]1(C)NC(=O)N(c2cccc(Oc3cc(OC)c(C)c(OC)c3)n2)C1=O. The number of urea groups is 1. The first-order valence-corrected chi connectivity index (χ1v) is 8.87. The van der Waals surface area contributed by atoms with Gasteiger partial charge in [-0.3, -0.25) is 4.79 Å². The zero-order valence-electron chi connectivity index (χ0n) is 16.5. The number of ether oxygens (including phenoxy) is 3. The molecule has 2 heterocycles. The zero-order chi connectivity index (χ0) is 20.5. The van der Waals surface area contributed by atoms with Crippen LogP contribution in [0.1, 0.15) is 25.8 Å². The molecule has 0 aliphatic carbocycles. The first kappa shape index (κ1) is 19.5. The Morgan fingerprint density at radius 1 is 1.14 bits per heavy atom. The van der Waals surface area contributed by atoms with Gasteiger partial charge in [0.05, 0.1) is 14.2 Å². The number of aromatic nitrogens is 1. The summed E-state index contributed by atoms with van der Waals surface area (Å²) in [7, 11) is 3.12. The van der Waals surface area contributed by atoms with Crippen molar-refractivity contribution in [1.82, 2.24) is 10.3 Å². The van der Waals surface area contributed by atoms with Gasteiger partial charge in [0.1, 0.15) is 28.6 Å². The number of anilines is 1. The molecule has 148 valence electrons. The number of rotatable bonds is 6. The summed E-state index contributed by atoms with van der Waals surface area (Å²) in [4.78, 5) is 30.3. The fourth-order valence-electron chi connectivity index (χ4n) is 2.96. The molecule has 1 aromatic heterocycles. The van der Waals surface area contributed by atoms with Gasteiger partial charge in [-0.15, -0.1) is 0 Å². The van der Waals surface area contributed by atoms with Crippen LogP contribution in [0.5, 0.6) is 23.1 Å². The summed E-state index contributed by atoms with van der Waals surface area (Å²) in [6.45, 7) is 5.41. The van der Waals surface area contributed by atoms with Crippen LogP contribution in [0, 0.1) is 6.92 Å². The second kappa shape index (κ2) is 7.38. The van der Waals surface area contributed by atoms with Gasteiger partial charge in [0.15, 0.2) is 0 Å². The van der Waals surface area contributed by atoms with E-state index in [0.29, 0.717) is 23.7 Å². The maximum absolute atomic E-state index is 12.7. The summed E-state index contributed by atoms with van der Waals surface area (Å²) in [6.07, 6.45) is 0.479. The Bertz CT molecular complexity index is 905. The number of carbonyl (C=O) groups is 2. The molecule has 0 bridgehead atoms. The second-order valence-corrected chi connectivity index (χ2v) is 6.65. The van der Waals surface area contributed by atoms with Gasteiger partial charge >= 0.3 is 6.03 Å². The predicted molar refractivity (Wildman–Crippen MR) is 103 cm³/mol. The summed E-state index contributed by atoms with van der Waals surface area (Å²) in [6, 6.07) is 7.82. The van der Waals surface area contributed by atoms with Gasteiger partial charge in [-0.25, -0.2) is 9.69 Å². The molecule has 28 heavy (non-hydrogen) atoms. The van der Waals surface area contributed by atoms with Gasteiger partial charge in [-0.2, -0.15) is 4.98 Å². The number of hydrogen-bond acceptors (Lipinski definition) is 6. The minimum Gasteiger partial charge on any atom is -0.496 e. The van der Waals surface area contributed by atoms with Crippen LogP contribution in [0.4, 0.5) is 10.6 Å². The van der Waals surface area contributed by atoms with E-state index >= 15 is 0 Å². The van der Waals surface area contributed by atoms with Crippen molar-refractivity contribution in [2.24, 2.45) is 0 Å². The molecule has 1 aromatic carbocycles. The van der Waals surface area contributed by atoms with E-state index in [-0.39, 0.29) is 17.6 Å². The molecule has 1 aliphatic heterocycles. The van der Waals surface area contributed by atoms with Crippen molar-refractivity contribution in [1.29, 1.82) is 0 Å². The highest BCUT2D eigenvalue weighted by Gasteiger charge is 2.47. The van der Waals surface area contributed by atoms with E-state index in [0.717, 1.165) is 10.5 Å². The highest BCUT2D eigenvalue weighted by molar-refractivity contribution is 6.22. The topological polar surface area (TPSA) is 90.0 Å². The molecule has 1 aliphatic rings. The van der Waals surface area contributed by atoms with Gasteiger partial charge in [0.2, 0.25) is 5.88 Å². The molecule has 0 unspecified atom stereocenters. The monoisotopic (exact) mass is 385 g/mol. The van der Waals surface area contributed by atoms with E-state index < -0.39 is 11.6 Å². The molecule has 8 heteroatoms. The van der Waals surface area contributed by atoms with Crippen molar-refractivity contribution in [3.05, 3.63) is 35.9 Å². The number of imide groups is 1. The van der Waals surface area contributed by atoms with Crippen LogP contribution >= 0.6 is 0 Å². The predicted octanol–water partition coefficient (Wildman–Crippen LogP) is 3.42. The maximum atomic E-state index is 12.7. The summed E-state index contributed by atoms with van der Waals surface area (Å²) < 4.78 is 16.5. The van der Waals surface area contributed by atoms with Gasteiger partial charge in [0.25, 0.3) is 5.91 Å². The second-order valence-electron chi connectivity index (χ2n) is 6.65. The minimum atomic E-state index is -0.937. The number of carbonyl (C=O) groups excluding carboxylic acids is 2. The minimum absolute atomic E-state index is 0.197. The molecule has 3 rings (SSSR count). The Morgan fingerprint density at radius 3 is 2.32 bits per heavy atom. The van der Waals surface area contributed by atoms with Crippen molar-refractivity contribution >= 4 is 17.8 Å². The lowest BCUT2D eigenvalue weighted by atomic mass is 9.99. The molecule has 0 radical (unpaired) electrons. The molecule has 3 amide bonds. The summed E-state index contributed by atoms with van der Waals surface area (Å²) in [5, 5.41) is 2.71. The van der Waals surface area contributed by atoms with Crippen molar-refractivity contribution in [3.63, 3.8) is 0 Å². The lowest BCUT2D eigenvalue weighted by molar-refractivity contribution is -0.121. The molecule has 1 fully saturated rings. The van der Waals surface area contributed by atoms with E-state index in [1.807, 2.05) is 13.8 Å². The Hall–Kier alpha value is -3.29. The lowest BCUT2D eigenvalue weighted by Gasteiger charge is -2.19. The number of methoxy groups -OCH3 is 2. The zero-order valence-corrected chi connectivity index (χ0v) is 16.5. The molecule has 8 nitrogen and oxygen atoms in total. The van der Waals surface area contributed by atoms with E-state index in [1.54, 1.807) is 51.5 Å². The molecule has 1 N–H and O–H groups in total. The van der Waals surface area contributed by atoms with Crippen LogP contribution < -0.4 is 24.4 Å². The Kier molecular flexibility index (Phi) is 5.13. The Balaban J connectivity index is 1.91. The largest absolute Gasteiger partial charge is 0.496 e. The average Bonchev–Trinajstić information content (AvgIpc) is 2.92. The fourth-order valence-corrected chi connectivity index (χ4v) is 2.96. The standard InChI is InChI=1S/C20H23N3O5/c1-6-20(3)18(24)23(19(25)22-20)16-8-7-9-17(21-16)28-13-10-14(26-4)12(2)15(11-13)27-5/h7-11H,6H2,1-5H3,(H,22,25)/t20-/m0/s1. The number of pyridine rings is 1. The highest BCUT2D eigenvalue weighted by atomic mass is 16.5. The average molecular weight is 385 g/mol. The molecule has 0 saturated carbocycles. The fraction of sp³-hybridized carbons (Fsp3) is 0.350. The maximum Gasteiger partial charge on any atom is 0.330 e. The number of nitrogens with zero attached hydrogens (tertiary/aromatic N) is 2. The van der Waals surface area contributed by atoms with Crippen LogP contribution in [-0.2, 0) is 4.79 Å². The van der Waals surface area contributed by atoms with Gasteiger partial charge in [0, 0.05) is 23.8 Å². The Morgan fingerprint density at radius 2 is 1.79 bits per heavy atom. The van der Waals surface area contributed by atoms with Crippen LogP contribution in [0.25, 0.3) is 0 Å². The normalized spacial score (nSPS) is 18.8. The number of amides is 3. The molecular formula is C20H23N3O5. The van der Waals surface area contributed by atoms with E-state index in [4.69, 9.17) is 14.2 Å². The highest BCUT2D eigenvalue weighted by Crippen LogP contribution is 2.35. The molecular weight excluding hydrogens is 362 g/mol. The third-order valence-electron chi connectivity index (χ3n) is 4.85. The van der Waals surface area contributed by atoms with Gasteiger partial charge in [-0.05, 0) is 26.3 Å². The number of benzene rings is 1. The van der Waals surface area contributed by atoms with E-state index in [1.165, 1.54) is 0 Å². The summed E-state index contributed by atoms with van der Waals surface area (Å²) >= 11 is 0. The van der Waals surface area contributed by atoms with Gasteiger partial charge in [-0.1, -0.05) is 13.0 Å². The molecule has 0 spiro atoms. The third-order valence-corrected chi connectivity index (χ3v) is 4.85. The smallest absolute Gasteiger partial charge is 0.330 e. The van der Waals surface area contributed by atoms with Crippen molar-refractivity contribution in [2.45, 2.75) is 32.7 Å². The van der Waals surface area contributed by atoms with Crippen LogP contribution in [0.2, 0.25) is 0 Å². The van der Waals surface area contributed by atoms with Crippen LogP contribution in [0.3, 0.4) is 0 Å². The summed E-state index contributed by atoms with van der Waals surface area (Å²) in [5.41, 5.74) is -0.0925. The van der Waals surface area contributed by atoms with E-state index in [2.05, 4.69) is 10.3 Å². The third kappa shape index (κ3) is 3.33. The number of nitrogens with one attached hydrogen (secondary N) is 1. The molecule has 1 saturated heterocycles. The first-order valence-electron chi connectivity index (χ1n) is 8.87. The molecule has 1 atom stereocenters. The lowest BCUT2D eigenvalue weighted by Crippen LogP contribution is -2.43. The van der Waals surface area contributed by atoms with Crippen molar-refractivity contribution in [3.8, 4) is 23.1 Å². The van der Waals surface area contributed by atoms with E-state index in [9.17, 15) is 9.59 Å². The van der Waals surface area contributed by atoms with Crippen LogP contribution in [-0.4, -0.2) is 36.7 Å². The van der Waals surface area contributed by atoms with Crippen LogP contribution in [0.15, 0.2) is 30.3 Å². The van der Waals surface area contributed by atoms with Crippen molar-refractivity contribution < 1.29 is 23.8 Å². The van der Waals surface area contributed by atoms with Gasteiger partial charge < -0.3 is 19.5 Å². The Labute approximate surface area is 163 Å². The van der Waals surface area contributed by atoms with Crippen molar-refractivity contribution in [2.75, 3.05) is 19.1 Å². The molecule has 2 aromatic rings. The quantitative estimate of drug-likeness (QED) is 0.767. The first-order chi connectivity index (χ1) is 13.3. The summed E-state index contributed by atoms with van der Waals surface area (Å²) in [5.74, 6) is 1.76.